The van der Waals surface area contributed by atoms with Crippen LogP contribution in [0, 0.1) is 6.92 Å². The predicted molar refractivity (Wildman–Crippen MR) is 86.0 cm³/mol. The molecule has 116 valence electrons. The quantitative estimate of drug-likeness (QED) is 0.876. The molecule has 0 unspecified atom stereocenters. The summed E-state index contributed by atoms with van der Waals surface area (Å²) in [5.74, 6) is 0.164. The molecule has 0 aliphatic rings. The number of anilines is 1. The number of amides is 2. The van der Waals surface area contributed by atoms with Crippen molar-refractivity contribution in [2.75, 3.05) is 18.9 Å². The van der Waals surface area contributed by atoms with Crippen LogP contribution < -0.4 is 5.32 Å². The van der Waals surface area contributed by atoms with Crippen molar-refractivity contribution in [2.45, 2.75) is 6.92 Å². The molecule has 0 saturated heterocycles. The van der Waals surface area contributed by atoms with Gasteiger partial charge < -0.3 is 14.7 Å². The fraction of sp³-hybridized carbons (Fsp3) is 0.214. The second kappa shape index (κ2) is 6.93. The van der Waals surface area contributed by atoms with Gasteiger partial charge >= 0.3 is 0 Å². The summed E-state index contributed by atoms with van der Waals surface area (Å²) in [6.07, 6.45) is 0. The molecule has 0 saturated carbocycles. The van der Waals surface area contributed by atoms with E-state index in [1.54, 1.807) is 31.2 Å². The number of halogens is 2. The van der Waals surface area contributed by atoms with Gasteiger partial charge in [-0.15, -0.1) is 0 Å². The standard InChI is InChI=1S/C14H13BrClN3O3/c1-8-5-12(18-22-8)17-13(20)7-19(2)14(21)10-6-9(15)3-4-11(10)16/h3-6H,7H2,1-2H3,(H,17,18,20). The fourth-order valence-electron chi connectivity index (χ4n) is 1.76. The lowest BCUT2D eigenvalue weighted by Crippen LogP contribution is -2.35. The fourth-order valence-corrected chi connectivity index (χ4v) is 2.32. The molecular weight excluding hydrogens is 374 g/mol. The van der Waals surface area contributed by atoms with Crippen LogP contribution in [0.25, 0.3) is 0 Å². The van der Waals surface area contributed by atoms with Crippen LogP contribution in [0.1, 0.15) is 16.1 Å². The molecule has 0 fully saturated rings. The molecule has 0 bridgehead atoms. The lowest BCUT2D eigenvalue weighted by molar-refractivity contribution is -0.116. The van der Waals surface area contributed by atoms with Crippen molar-refractivity contribution in [1.82, 2.24) is 10.1 Å². The molecule has 1 heterocycles. The van der Waals surface area contributed by atoms with Crippen LogP contribution in [0.4, 0.5) is 5.82 Å². The number of hydrogen-bond donors (Lipinski definition) is 1. The summed E-state index contributed by atoms with van der Waals surface area (Å²) in [5.41, 5.74) is 0.323. The maximum atomic E-state index is 12.3. The summed E-state index contributed by atoms with van der Waals surface area (Å²) in [6.45, 7) is 1.58. The van der Waals surface area contributed by atoms with Crippen molar-refractivity contribution in [2.24, 2.45) is 0 Å². The number of carbonyl (C=O) groups is 2. The highest BCUT2D eigenvalue weighted by Crippen LogP contribution is 2.22. The zero-order chi connectivity index (χ0) is 16.3. The third-order valence-electron chi connectivity index (χ3n) is 2.78. The van der Waals surface area contributed by atoms with Gasteiger partial charge in [0.15, 0.2) is 5.82 Å². The maximum absolute atomic E-state index is 12.3. The van der Waals surface area contributed by atoms with Gasteiger partial charge in [0.1, 0.15) is 5.76 Å². The summed E-state index contributed by atoms with van der Waals surface area (Å²) in [7, 11) is 1.52. The third kappa shape index (κ3) is 4.08. The van der Waals surface area contributed by atoms with Gasteiger partial charge in [0.25, 0.3) is 5.91 Å². The van der Waals surface area contributed by atoms with Crippen LogP contribution in [-0.2, 0) is 4.79 Å². The van der Waals surface area contributed by atoms with Crippen molar-refractivity contribution in [3.63, 3.8) is 0 Å². The van der Waals surface area contributed by atoms with Gasteiger partial charge in [-0.2, -0.15) is 0 Å². The highest BCUT2D eigenvalue weighted by atomic mass is 79.9. The number of nitrogens with zero attached hydrogens (tertiary/aromatic N) is 2. The zero-order valence-electron chi connectivity index (χ0n) is 11.9. The highest BCUT2D eigenvalue weighted by molar-refractivity contribution is 9.10. The highest BCUT2D eigenvalue weighted by Gasteiger charge is 2.18. The molecule has 2 amide bonds. The minimum atomic E-state index is -0.379. The molecule has 0 aliphatic heterocycles. The summed E-state index contributed by atoms with van der Waals surface area (Å²) in [6, 6.07) is 6.55. The Labute approximate surface area is 140 Å². The van der Waals surface area contributed by atoms with Crippen LogP contribution in [0.2, 0.25) is 5.02 Å². The molecular formula is C14H13BrClN3O3. The Bertz CT molecular complexity index is 717. The molecule has 1 aromatic heterocycles. The van der Waals surface area contributed by atoms with E-state index in [0.717, 1.165) is 4.47 Å². The number of aromatic nitrogens is 1. The average Bonchev–Trinajstić information content (AvgIpc) is 2.85. The molecule has 0 atom stereocenters. The summed E-state index contributed by atoms with van der Waals surface area (Å²) < 4.78 is 5.58. The van der Waals surface area contributed by atoms with Crippen molar-refractivity contribution in [3.8, 4) is 0 Å². The van der Waals surface area contributed by atoms with E-state index in [9.17, 15) is 9.59 Å². The van der Waals surface area contributed by atoms with Gasteiger partial charge in [-0.25, -0.2) is 0 Å². The van der Waals surface area contributed by atoms with Crippen LogP contribution in [0.3, 0.4) is 0 Å². The maximum Gasteiger partial charge on any atom is 0.255 e. The molecule has 1 aromatic carbocycles. The minimum absolute atomic E-state index is 0.131. The SMILES string of the molecule is Cc1cc(NC(=O)CN(C)C(=O)c2cc(Br)ccc2Cl)no1. The third-order valence-corrected chi connectivity index (χ3v) is 3.60. The van der Waals surface area contributed by atoms with Gasteiger partial charge in [0, 0.05) is 17.6 Å². The molecule has 2 rings (SSSR count). The van der Waals surface area contributed by atoms with Gasteiger partial charge in [-0.05, 0) is 25.1 Å². The largest absolute Gasteiger partial charge is 0.360 e. The molecule has 2 aromatic rings. The Morgan fingerprint density at radius 2 is 2.14 bits per heavy atom. The van der Waals surface area contributed by atoms with E-state index in [-0.39, 0.29) is 18.4 Å². The van der Waals surface area contributed by atoms with Gasteiger partial charge in [-0.1, -0.05) is 32.7 Å². The molecule has 22 heavy (non-hydrogen) atoms. The Hall–Kier alpha value is -1.86. The molecule has 8 heteroatoms. The van der Waals surface area contributed by atoms with Crippen molar-refractivity contribution < 1.29 is 14.1 Å². The zero-order valence-corrected chi connectivity index (χ0v) is 14.2. The number of aryl methyl sites for hydroxylation is 1. The topological polar surface area (TPSA) is 75.4 Å². The lowest BCUT2D eigenvalue weighted by Gasteiger charge is -2.17. The smallest absolute Gasteiger partial charge is 0.255 e. The van der Waals surface area contributed by atoms with Crippen molar-refractivity contribution in [3.05, 3.63) is 45.1 Å². The summed E-state index contributed by atoms with van der Waals surface area (Å²) in [4.78, 5) is 25.5. The van der Waals surface area contributed by atoms with Crippen LogP contribution in [0.15, 0.2) is 33.3 Å². The Kier molecular flexibility index (Phi) is 5.20. The number of nitrogens with one attached hydrogen (secondary N) is 1. The normalized spacial score (nSPS) is 10.4. The average molecular weight is 387 g/mol. The second-order valence-electron chi connectivity index (χ2n) is 4.66. The van der Waals surface area contributed by atoms with E-state index in [1.807, 2.05) is 0 Å². The van der Waals surface area contributed by atoms with Gasteiger partial charge in [0.05, 0.1) is 17.1 Å². The van der Waals surface area contributed by atoms with Crippen molar-refractivity contribution in [1.29, 1.82) is 0 Å². The van der Waals surface area contributed by atoms with E-state index >= 15 is 0 Å². The van der Waals surface area contributed by atoms with Crippen molar-refractivity contribution >= 4 is 45.2 Å². The summed E-state index contributed by atoms with van der Waals surface area (Å²) in [5, 5.41) is 6.53. The Morgan fingerprint density at radius 3 is 2.77 bits per heavy atom. The summed E-state index contributed by atoms with van der Waals surface area (Å²) >= 11 is 9.30. The number of likely N-dealkylation sites (N-methyl/N-ethyl adjacent to an activating group) is 1. The molecule has 1 N–H and O–H groups in total. The monoisotopic (exact) mass is 385 g/mol. The number of benzene rings is 1. The van der Waals surface area contributed by atoms with Gasteiger partial charge in [-0.3, -0.25) is 9.59 Å². The predicted octanol–water partition coefficient (Wildman–Crippen LogP) is 3.11. The van der Waals surface area contributed by atoms with Crippen LogP contribution in [0.5, 0.6) is 0 Å². The van der Waals surface area contributed by atoms with E-state index in [1.165, 1.54) is 11.9 Å². The molecule has 6 nitrogen and oxygen atoms in total. The van der Waals surface area contributed by atoms with Gasteiger partial charge in [0.2, 0.25) is 5.91 Å². The lowest BCUT2D eigenvalue weighted by atomic mass is 10.2. The first-order valence-electron chi connectivity index (χ1n) is 6.30. The van der Waals surface area contributed by atoms with E-state index in [2.05, 4.69) is 26.4 Å². The number of rotatable bonds is 4. The first kappa shape index (κ1) is 16.5. The first-order valence-corrected chi connectivity index (χ1v) is 7.47. The Balaban J connectivity index is 2.01. The second-order valence-corrected chi connectivity index (χ2v) is 5.98. The van der Waals surface area contributed by atoms with E-state index < -0.39 is 0 Å². The van der Waals surface area contributed by atoms with Crippen LogP contribution >= 0.6 is 27.5 Å². The molecule has 0 aliphatic carbocycles. The number of hydrogen-bond acceptors (Lipinski definition) is 4. The molecule has 0 spiro atoms. The Morgan fingerprint density at radius 1 is 1.41 bits per heavy atom. The number of carbonyl (C=O) groups excluding carboxylic acids is 2. The minimum Gasteiger partial charge on any atom is -0.360 e. The molecule has 0 radical (unpaired) electrons. The van der Waals surface area contributed by atoms with E-state index in [4.69, 9.17) is 16.1 Å². The van der Waals surface area contributed by atoms with Crippen LogP contribution in [-0.4, -0.2) is 35.5 Å². The first-order chi connectivity index (χ1) is 10.4. The van der Waals surface area contributed by atoms with E-state index in [0.29, 0.717) is 22.2 Å².